The average Bonchev–Trinajstić information content (AvgIpc) is 3.37. The monoisotopic (exact) mass is 481 g/mol. The lowest BCUT2D eigenvalue weighted by atomic mass is 9.93. The van der Waals surface area contributed by atoms with Gasteiger partial charge in [-0.15, -0.1) is 11.3 Å². The van der Waals surface area contributed by atoms with Crippen LogP contribution in [0.5, 0.6) is 5.75 Å². The van der Waals surface area contributed by atoms with Crippen molar-refractivity contribution in [2.45, 2.75) is 62.8 Å². The van der Waals surface area contributed by atoms with Crippen molar-refractivity contribution in [1.82, 2.24) is 14.5 Å². The first-order chi connectivity index (χ1) is 16.6. The van der Waals surface area contributed by atoms with Gasteiger partial charge in [-0.3, -0.25) is 9.36 Å². The molecule has 3 fully saturated rings. The molecule has 0 spiro atoms. The number of hydrogen-bond donors (Lipinski definition) is 1. The Kier molecular flexibility index (Phi) is 5.93. The first-order valence-corrected chi connectivity index (χ1v) is 13.1. The molecule has 8 heteroatoms. The topological polar surface area (TPSA) is 76.8 Å². The van der Waals surface area contributed by atoms with Crippen molar-refractivity contribution >= 4 is 21.6 Å². The number of piperidine rings is 1. The van der Waals surface area contributed by atoms with E-state index in [1.54, 1.807) is 10.9 Å². The minimum Gasteiger partial charge on any atom is -0.490 e. The van der Waals surface area contributed by atoms with Crippen LogP contribution in [0.2, 0.25) is 0 Å². The summed E-state index contributed by atoms with van der Waals surface area (Å²) in [5.74, 6) is 1.01. The van der Waals surface area contributed by atoms with Gasteiger partial charge >= 0.3 is 0 Å². The molecule has 34 heavy (non-hydrogen) atoms. The van der Waals surface area contributed by atoms with Gasteiger partial charge in [0, 0.05) is 30.2 Å². The number of aliphatic hydroxyl groups excluding tert-OH is 1. The van der Waals surface area contributed by atoms with E-state index in [2.05, 4.69) is 16.9 Å². The van der Waals surface area contributed by atoms with Gasteiger partial charge in [0.05, 0.1) is 17.3 Å². The minimum absolute atomic E-state index is 0.110. The highest BCUT2D eigenvalue weighted by Gasteiger charge is 2.39. The molecular formula is C26H31N3O4S. The van der Waals surface area contributed by atoms with Crippen LogP contribution in [0.4, 0.5) is 0 Å². The molecule has 3 aliphatic heterocycles. The van der Waals surface area contributed by atoms with Gasteiger partial charge < -0.3 is 19.5 Å². The highest BCUT2D eigenvalue weighted by molar-refractivity contribution is 7.19. The normalized spacial score (nSPS) is 26.7. The molecular weight excluding hydrogens is 450 g/mol. The lowest BCUT2D eigenvalue weighted by molar-refractivity contribution is 0.00856. The van der Waals surface area contributed by atoms with Gasteiger partial charge in [-0.05, 0) is 81.8 Å². The molecule has 3 aromatic rings. The Balaban J connectivity index is 1.20. The molecule has 2 bridgehead atoms. The molecule has 2 unspecified atom stereocenters. The summed E-state index contributed by atoms with van der Waals surface area (Å²) in [5, 5.41) is 10.8. The van der Waals surface area contributed by atoms with Gasteiger partial charge in [0.2, 0.25) is 0 Å². The van der Waals surface area contributed by atoms with E-state index in [0.717, 1.165) is 42.0 Å². The Morgan fingerprint density at radius 2 is 1.82 bits per heavy atom. The number of nitrogens with zero attached hydrogens (tertiary/aromatic N) is 3. The summed E-state index contributed by atoms with van der Waals surface area (Å²) in [6.07, 6.45) is 7.62. The van der Waals surface area contributed by atoms with E-state index in [-0.39, 0.29) is 17.6 Å². The molecule has 0 amide bonds. The van der Waals surface area contributed by atoms with Crippen molar-refractivity contribution in [3.63, 3.8) is 0 Å². The standard InChI is InChI=1S/C26H31N3O4S/c1-28-18-2-3-19(28)13-21(12-18)33-20-6-4-17(5-7-20)29-15-27-22-14-23(34-25(22)26(29)31)24(30)16-8-10-32-11-9-16/h4-7,14-16,18-19,21,24,30H,2-3,8-13H2,1H3/t18-,19?,21-,24?/m0/s1. The third-order valence-corrected chi connectivity index (χ3v) is 9.12. The Labute approximate surface area is 202 Å². The lowest BCUT2D eigenvalue weighted by Crippen LogP contribution is -2.43. The highest BCUT2D eigenvalue weighted by Crippen LogP contribution is 2.37. The van der Waals surface area contributed by atoms with Crippen molar-refractivity contribution in [2.24, 2.45) is 5.92 Å². The Hall–Kier alpha value is -2.26. The molecule has 0 radical (unpaired) electrons. The third kappa shape index (κ3) is 4.06. The predicted octanol–water partition coefficient (Wildman–Crippen LogP) is 3.91. The lowest BCUT2D eigenvalue weighted by Gasteiger charge is -2.36. The van der Waals surface area contributed by atoms with Crippen LogP contribution in [-0.4, -0.2) is 58.0 Å². The molecule has 1 aromatic carbocycles. The van der Waals surface area contributed by atoms with Crippen molar-refractivity contribution < 1.29 is 14.6 Å². The van der Waals surface area contributed by atoms with Crippen molar-refractivity contribution in [2.75, 3.05) is 20.3 Å². The molecule has 1 N–H and O–H groups in total. The zero-order valence-electron chi connectivity index (χ0n) is 19.4. The highest BCUT2D eigenvalue weighted by atomic mass is 32.1. The van der Waals surface area contributed by atoms with Gasteiger partial charge in [-0.2, -0.15) is 0 Å². The number of benzene rings is 1. The molecule has 0 saturated carbocycles. The van der Waals surface area contributed by atoms with Crippen LogP contribution in [0.15, 0.2) is 41.5 Å². The smallest absolute Gasteiger partial charge is 0.275 e. The molecule has 2 aromatic heterocycles. The number of thiophene rings is 1. The Bertz CT molecular complexity index is 1200. The first-order valence-electron chi connectivity index (χ1n) is 12.3. The first kappa shape index (κ1) is 22.2. The Morgan fingerprint density at radius 3 is 2.53 bits per heavy atom. The quantitative estimate of drug-likeness (QED) is 0.596. The average molecular weight is 482 g/mol. The van der Waals surface area contributed by atoms with Crippen LogP contribution in [0.3, 0.4) is 0 Å². The van der Waals surface area contributed by atoms with Crippen molar-refractivity contribution in [3.05, 3.63) is 51.9 Å². The summed E-state index contributed by atoms with van der Waals surface area (Å²) in [6.45, 7) is 1.35. The van der Waals surface area contributed by atoms with Gasteiger partial charge in [0.25, 0.3) is 5.56 Å². The van der Waals surface area contributed by atoms with Crippen LogP contribution in [-0.2, 0) is 4.74 Å². The second-order valence-electron chi connectivity index (χ2n) is 9.93. The number of fused-ring (bicyclic) bond motifs is 3. The van der Waals surface area contributed by atoms with Gasteiger partial charge in [-0.25, -0.2) is 4.98 Å². The van der Waals surface area contributed by atoms with E-state index in [0.29, 0.717) is 35.5 Å². The van der Waals surface area contributed by atoms with Crippen LogP contribution in [0.1, 0.15) is 49.5 Å². The molecule has 5 heterocycles. The van der Waals surface area contributed by atoms with Crippen LogP contribution in [0.25, 0.3) is 15.9 Å². The maximum atomic E-state index is 13.2. The number of aromatic nitrogens is 2. The molecule has 3 aliphatic rings. The molecule has 4 atom stereocenters. The molecule has 7 nitrogen and oxygen atoms in total. The molecule has 180 valence electrons. The predicted molar refractivity (Wildman–Crippen MR) is 132 cm³/mol. The maximum Gasteiger partial charge on any atom is 0.275 e. The number of aliphatic hydroxyl groups is 1. The summed E-state index contributed by atoms with van der Waals surface area (Å²) in [7, 11) is 2.23. The second kappa shape index (κ2) is 9.07. The fourth-order valence-electron chi connectivity index (χ4n) is 5.86. The number of ether oxygens (including phenoxy) is 2. The van der Waals surface area contributed by atoms with Crippen molar-refractivity contribution in [1.29, 1.82) is 0 Å². The molecule has 0 aliphatic carbocycles. The summed E-state index contributed by atoms with van der Waals surface area (Å²) in [5.41, 5.74) is 1.29. The fraction of sp³-hybridized carbons (Fsp3) is 0.538. The summed E-state index contributed by atoms with van der Waals surface area (Å²) >= 11 is 1.35. The van der Waals surface area contributed by atoms with Crippen LogP contribution in [0, 0.1) is 5.92 Å². The number of hydrogen-bond acceptors (Lipinski definition) is 7. The number of rotatable bonds is 5. The SMILES string of the molecule is CN1C2CC[C@H]1C[C@H](Oc1ccc(-n3cnc4cc(C(O)C5CCOCC5)sc4c3=O)cc1)C2. The van der Waals surface area contributed by atoms with E-state index < -0.39 is 6.10 Å². The largest absolute Gasteiger partial charge is 0.490 e. The summed E-state index contributed by atoms with van der Waals surface area (Å²) < 4.78 is 13.9. The zero-order valence-corrected chi connectivity index (χ0v) is 20.2. The van der Waals surface area contributed by atoms with Crippen LogP contribution >= 0.6 is 11.3 Å². The Morgan fingerprint density at radius 1 is 1.12 bits per heavy atom. The van der Waals surface area contributed by atoms with E-state index in [1.807, 2.05) is 30.3 Å². The fourth-order valence-corrected chi connectivity index (χ4v) is 6.98. The van der Waals surface area contributed by atoms with Crippen molar-refractivity contribution in [3.8, 4) is 11.4 Å². The summed E-state index contributed by atoms with van der Waals surface area (Å²) in [6, 6.07) is 10.9. The minimum atomic E-state index is -0.581. The molecule has 3 saturated heterocycles. The third-order valence-electron chi connectivity index (χ3n) is 7.93. The maximum absolute atomic E-state index is 13.2. The zero-order chi connectivity index (χ0) is 23.2. The van der Waals surface area contributed by atoms with E-state index in [9.17, 15) is 9.90 Å². The van der Waals surface area contributed by atoms with Gasteiger partial charge in [-0.1, -0.05) is 0 Å². The molecule has 6 rings (SSSR count). The van der Waals surface area contributed by atoms with Crippen LogP contribution < -0.4 is 10.3 Å². The van der Waals surface area contributed by atoms with E-state index >= 15 is 0 Å². The van der Waals surface area contributed by atoms with Gasteiger partial charge in [0.1, 0.15) is 22.9 Å². The van der Waals surface area contributed by atoms with E-state index in [4.69, 9.17) is 9.47 Å². The van der Waals surface area contributed by atoms with E-state index in [1.165, 1.54) is 24.2 Å². The second-order valence-corrected chi connectivity index (χ2v) is 11.0. The van der Waals surface area contributed by atoms with Gasteiger partial charge in [0.15, 0.2) is 0 Å². The summed E-state index contributed by atoms with van der Waals surface area (Å²) in [4.78, 5) is 21.1.